The smallest absolute Gasteiger partial charge is 0.120 e. The van der Waals surface area contributed by atoms with Crippen LogP contribution in [-0.2, 0) is 12.6 Å². The van der Waals surface area contributed by atoms with Gasteiger partial charge in [-0.05, 0) is 6.42 Å². The Morgan fingerprint density at radius 1 is 1.69 bits per heavy atom. The largest absolute Gasteiger partial charge is 0.382 e. The van der Waals surface area contributed by atoms with E-state index in [4.69, 9.17) is 5.73 Å². The molecule has 0 saturated heterocycles. The molecular formula is C8H16N4O. The molecule has 0 aliphatic rings. The molecule has 0 radical (unpaired) electrons. The van der Waals surface area contributed by atoms with Crippen LogP contribution in [0.1, 0.15) is 25.5 Å². The third-order valence-electron chi connectivity index (χ3n) is 2.19. The molecule has 5 nitrogen and oxygen atoms in total. The van der Waals surface area contributed by atoms with Crippen molar-refractivity contribution in [2.45, 2.75) is 25.4 Å². The van der Waals surface area contributed by atoms with Crippen LogP contribution < -0.4 is 5.73 Å². The molecule has 3 N–H and O–H groups in total. The molecule has 1 rings (SSSR count). The minimum Gasteiger partial charge on any atom is -0.382 e. The maximum absolute atomic E-state index is 10.1. The van der Waals surface area contributed by atoms with Crippen molar-refractivity contribution in [3.8, 4) is 0 Å². The lowest BCUT2D eigenvalue weighted by Crippen LogP contribution is -2.36. The summed E-state index contributed by atoms with van der Waals surface area (Å²) in [5.74, 6) is 0. The van der Waals surface area contributed by atoms with Crippen molar-refractivity contribution in [2.24, 2.45) is 12.8 Å². The molecule has 0 fully saturated rings. The van der Waals surface area contributed by atoms with E-state index in [0.717, 1.165) is 6.42 Å². The molecule has 1 unspecified atom stereocenters. The Morgan fingerprint density at radius 3 is 2.77 bits per heavy atom. The van der Waals surface area contributed by atoms with Crippen LogP contribution in [0.5, 0.6) is 0 Å². The van der Waals surface area contributed by atoms with Crippen LogP contribution in [-0.4, -0.2) is 26.6 Å². The lowest BCUT2D eigenvalue weighted by atomic mass is 9.95. The zero-order chi connectivity index (χ0) is 9.90. The van der Waals surface area contributed by atoms with Gasteiger partial charge < -0.3 is 10.8 Å². The number of nitrogens with zero attached hydrogens (tertiary/aromatic N) is 3. The van der Waals surface area contributed by atoms with Gasteiger partial charge in [-0.2, -0.15) is 0 Å². The Bertz CT molecular complexity index is 273. The van der Waals surface area contributed by atoms with E-state index in [9.17, 15) is 5.11 Å². The van der Waals surface area contributed by atoms with E-state index < -0.39 is 5.60 Å². The quantitative estimate of drug-likeness (QED) is 0.677. The Labute approximate surface area is 77.6 Å². The third-order valence-corrected chi connectivity index (χ3v) is 2.19. The van der Waals surface area contributed by atoms with Crippen molar-refractivity contribution in [1.29, 1.82) is 0 Å². The number of nitrogens with two attached hydrogens (primary N) is 1. The zero-order valence-electron chi connectivity index (χ0n) is 8.06. The molecule has 0 aromatic carbocycles. The van der Waals surface area contributed by atoms with Crippen LogP contribution in [0.3, 0.4) is 0 Å². The Hall–Kier alpha value is -0.940. The van der Waals surface area contributed by atoms with Gasteiger partial charge in [0.05, 0.1) is 11.9 Å². The first-order valence-corrected chi connectivity index (χ1v) is 4.41. The molecule has 0 saturated carbocycles. The number of aryl methyl sites for hydroxylation is 1. The van der Waals surface area contributed by atoms with E-state index in [0.29, 0.717) is 12.1 Å². The molecule has 1 heterocycles. The number of hydrogen-bond donors (Lipinski definition) is 2. The normalized spacial score (nSPS) is 15.7. The highest BCUT2D eigenvalue weighted by Crippen LogP contribution is 2.23. The summed E-state index contributed by atoms with van der Waals surface area (Å²) in [5, 5.41) is 17.6. The first kappa shape index (κ1) is 10.1. The Kier molecular flexibility index (Phi) is 3.00. The van der Waals surface area contributed by atoms with Crippen LogP contribution in [0.25, 0.3) is 0 Å². The molecular weight excluding hydrogens is 168 g/mol. The van der Waals surface area contributed by atoms with Crippen LogP contribution in [0, 0.1) is 0 Å². The average Bonchev–Trinajstić information content (AvgIpc) is 2.52. The van der Waals surface area contributed by atoms with E-state index in [1.165, 1.54) is 0 Å². The predicted octanol–water partition coefficient (Wildman–Crippen LogP) is -0.239. The van der Waals surface area contributed by atoms with E-state index in [-0.39, 0.29) is 6.54 Å². The van der Waals surface area contributed by atoms with E-state index in [1.807, 2.05) is 6.92 Å². The van der Waals surface area contributed by atoms with E-state index in [1.54, 1.807) is 17.9 Å². The van der Waals surface area contributed by atoms with E-state index >= 15 is 0 Å². The fourth-order valence-corrected chi connectivity index (χ4v) is 1.46. The van der Waals surface area contributed by atoms with Crippen molar-refractivity contribution < 1.29 is 5.11 Å². The molecule has 13 heavy (non-hydrogen) atoms. The van der Waals surface area contributed by atoms with Crippen molar-refractivity contribution in [1.82, 2.24) is 15.0 Å². The summed E-state index contributed by atoms with van der Waals surface area (Å²) < 4.78 is 1.56. The molecule has 0 aliphatic carbocycles. The minimum absolute atomic E-state index is 0.196. The fraction of sp³-hybridized carbons (Fsp3) is 0.750. The van der Waals surface area contributed by atoms with Crippen LogP contribution in [0.2, 0.25) is 0 Å². The van der Waals surface area contributed by atoms with Gasteiger partial charge in [-0.1, -0.05) is 18.6 Å². The predicted molar refractivity (Wildman–Crippen MR) is 48.9 cm³/mol. The standard InChI is InChI=1S/C8H16N4O/c1-3-4-8(13,6-9)7-5-10-11-12(7)2/h5,13H,3-4,6,9H2,1-2H3. The molecule has 5 heteroatoms. The summed E-state index contributed by atoms with van der Waals surface area (Å²) in [4.78, 5) is 0. The topological polar surface area (TPSA) is 77.0 Å². The van der Waals surface area contributed by atoms with Gasteiger partial charge in [-0.15, -0.1) is 5.10 Å². The minimum atomic E-state index is -0.979. The highest BCUT2D eigenvalue weighted by Gasteiger charge is 2.29. The highest BCUT2D eigenvalue weighted by atomic mass is 16.3. The molecule has 74 valence electrons. The van der Waals surface area contributed by atoms with Gasteiger partial charge >= 0.3 is 0 Å². The van der Waals surface area contributed by atoms with Gasteiger partial charge in [0, 0.05) is 13.6 Å². The number of rotatable bonds is 4. The van der Waals surface area contributed by atoms with Crippen LogP contribution >= 0.6 is 0 Å². The van der Waals surface area contributed by atoms with Crippen LogP contribution in [0.15, 0.2) is 6.20 Å². The Morgan fingerprint density at radius 2 is 2.38 bits per heavy atom. The third kappa shape index (κ3) is 1.87. The number of aromatic nitrogens is 3. The number of hydrogen-bond acceptors (Lipinski definition) is 4. The monoisotopic (exact) mass is 184 g/mol. The zero-order valence-corrected chi connectivity index (χ0v) is 8.06. The molecule has 0 spiro atoms. The highest BCUT2D eigenvalue weighted by molar-refractivity contribution is 5.08. The second kappa shape index (κ2) is 3.85. The summed E-state index contributed by atoms with van der Waals surface area (Å²) in [6, 6.07) is 0. The second-order valence-corrected chi connectivity index (χ2v) is 3.23. The first-order chi connectivity index (χ1) is 6.14. The SMILES string of the molecule is CCCC(O)(CN)c1cnnn1C. The lowest BCUT2D eigenvalue weighted by molar-refractivity contribution is 0.0278. The average molecular weight is 184 g/mol. The fourth-order valence-electron chi connectivity index (χ4n) is 1.46. The van der Waals surface area contributed by atoms with Gasteiger partial charge in [-0.3, -0.25) is 0 Å². The summed E-state index contributed by atoms with van der Waals surface area (Å²) in [7, 11) is 1.75. The Balaban J connectivity index is 2.95. The molecule has 0 aliphatic heterocycles. The molecule has 1 aromatic rings. The van der Waals surface area contributed by atoms with Crippen LogP contribution in [0.4, 0.5) is 0 Å². The summed E-state index contributed by atoms with van der Waals surface area (Å²) in [6.07, 6.45) is 3.06. The van der Waals surface area contributed by atoms with Gasteiger partial charge in [0.1, 0.15) is 5.60 Å². The van der Waals surface area contributed by atoms with Crippen molar-refractivity contribution in [2.75, 3.05) is 6.54 Å². The van der Waals surface area contributed by atoms with Gasteiger partial charge in [-0.25, -0.2) is 4.68 Å². The second-order valence-electron chi connectivity index (χ2n) is 3.23. The van der Waals surface area contributed by atoms with Gasteiger partial charge in [0.25, 0.3) is 0 Å². The summed E-state index contributed by atoms with van der Waals surface area (Å²) in [6.45, 7) is 2.20. The van der Waals surface area contributed by atoms with Crippen molar-refractivity contribution >= 4 is 0 Å². The first-order valence-electron chi connectivity index (χ1n) is 4.41. The molecule has 1 atom stereocenters. The summed E-state index contributed by atoms with van der Waals surface area (Å²) >= 11 is 0. The molecule has 0 bridgehead atoms. The van der Waals surface area contributed by atoms with Crippen molar-refractivity contribution in [3.05, 3.63) is 11.9 Å². The maximum atomic E-state index is 10.1. The van der Waals surface area contributed by atoms with Crippen molar-refractivity contribution in [3.63, 3.8) is 0 Å². The summed E-state index contributed by atoms with van der Waals surface area (Å²) in [5.41, 5.74) is 5.23. The number of aliphatic hydroxyl groups is 1. The molecule has 1 aromatic heterocycles. The van der Waals surface area contributed by atoms with E-state index in [2.05, 4.69) is 10.3 Å². The maximum Gasteiger partial charge on any atom is 0.120 e. The lowest BCUT2D eigenvalue weighted by Gasteiger charge is -2.25. The molecule has 0 amide bonds. The van der Waals surface area contributed by atoms with Gasteiger partial charge in [0.15, 0.2) is 0 Å². The van der Waals surface area contributed by atoms with Gasteiger partial charge in [0.2, 0.25) is 0 Å².